The Bertz CT molecular complexity index is 621. The van der Waals surface area contributed by atoms with Gasteiger partial charge >= 0.3 is 5.97 Å². The Balaban J connectivity index is 2.23. The molecule has 0 aromatic heterocycles. The summed E-state index contributed by atoms with van der Waals surface area (Å²) in [4.78, 5) is 25.4. The fourth-order valence-electron chi connectivity index (χ4n) is 2.99. The van der Waals surface area contributed by atoms with Crippen molar-refractivity contribution in [2.24, 2.45) is 0 Å². The van der Waals surface area contributed by atoms with Gasteiger partial charge in [0, 0.05) is 20.1 Å². The molecule has 0 bridgehead atoms. The topological polar surface area (TPSA) is 94.5 Å². The molecule has 25 heavy (non-hydrogen) atoms. The number of rotatable bonds is 7. The minimum atomic E-state index is -1.03. The highest BCUT2D eigenvalue weighted by molar-refractivity contribution is 5.86. The highest BCUT2D eigenvalue weighted by Crippen LogP contribution is 2.38. The van der Waals surface area contributed by atoms with Crippen LogP contribution in [0.2, 0.25) is 0 Å². The first-order chi connectivity index (χ1) is 11.9. The monoisotopic (exact) mass is 353 g/mol. The molecule has 8 nitrogen and oxygen atoms in total. The molecule has 0 spiro atoms. The molecular formula is C17H23NO7. The van der Waals surface area contributed by atoms with Crippen molar-refractivity contribution in [1.82, 2.24) is 4.90 Å². The number of likely N-dealkylation sites (tertiary alicyclic amines) is 1. The van der Waals surface area contributed by atoms with Crippen LogP contribution in [-0.2, 0) is 20.7 Å². The van der Waals surface area contributed by atoms with Crippen molar-refractivity contribution in [3.63, 3.8) is 0 Å². The molecule has 0 radical (unpaired) electrons. The Morgan fingerprint density at radius 1 is 1.12 bits per heavy atom. The number of ether oxygens (including phenoxy) is 4. The second kappa shape index (κ2) is 8.06. The summed E-state index contributed by atoms with van der Waals surface area (Å²) in [6, 6.07) is 2.48. The maximum Gasteiger partial charge on any atom is 0.326 e. The van der Waals surface area contributed by atoms with Gasteiger partial charge in [-0.25, -0.2) is 4.79 Å². The second-order valence-corrected chi connectivity index (χ2v) is 5.70. The number of carbonyl (C=O) groups is 2. The van der Waals surface area contributed by atoms with Crippen molar-refractivity contribution < 1.29 is 33.6 Å². The summed E-state index contributed by atoms with van der Waals surface area (Å²) < 4.78 is 21.0. The lowest BCUT2D eigenvalue weighted by atomic mass is 10.1. The Hall–Kier alpha value is -2.48. The third-order valence-electron chi connectivity index (χ3n) is 4.28. The van der Waals surface area contributed by atoms with Crippen molar-refractivity contribution in [2.45, 2.75) is 25.0 Å². The molecule has 1 aromatic rings. The van der Waals surface area contributed by atoms with Gasteiger partial charge in [-0.2, -0.15) is 0 Å². The van der Waals surface area contributed by atoms with Gasteiger partial charge in [-0.3, -0.25) is 4.79 Å². The standard InChI is InChI=1S/C17H23NO7/c1-22-11-8-12(17(20)21)18(9-11)15(19)7-10-5-13(23-2)16(25-4)14(6-10)24-3/h5-6,11-12H,7-9H2,1-4H3,(H,20,21). The number of hydrogen-bond acceptors (Lipinski definition) is 6. The Morgan fingerprint density at radius 3 is 2.16 bits per heavy atom. The number of carboxylic acid groups (broad SMARTS) is 1. The average Bonchev–Trinajstić information content (AvgIpc) is 3.05. The smallest absolute Gasteiger partial charge is 0.326 e. The van der Waals surface area contributed by atoms with Gasteiger partial charge in [0.2, 0.25) is 11.7 Å². The van der Waals surface area contributed by atoms with Gasteiger partial charge < -0.3 is 29.0 Å². The van der Waals surface area contributed by atoms with Gasteiger partial charge in [0.15, 0.2) is 11.5 Å². The summed E-state index contributed by atoms with van der Waals surface area (Å²) >= 11 is 0. The molecule has 1 heterocycles. The first kappa shape index (κ1) is 18.9. The molecule has 1 N–H and O–H groups in total. The lowest BCUT2D eigenvalue weighted by Crippen LogP contribution is -2.41. The van der Waals surface area contributed by atoms with Crippen LogP contribution in [0, 0.1) is 0 Å². The highest BCUT2D eigenvalue weighted by Gasteiger charge is 2.39. The predicted octanol–water partition coefficient (Wildman–Crippen LogP) is 0.955. The van der Waals surface area contributed by atoms with Crippen molar-refractivity contribution in [1.29, 1.82) is 0 Å². The maximum absolute atomic E-state index is 12.6. The van der Waals surface area contributed by atoms with Gasteiger partial charge in [0.1, 0.15) is 6.04 Å². The fourth-order valence-corrected chi connectivity index (χ4v) is 2.99. The van der Waals surface area contributed by atoms with Gasteiger partial charge in [-0.15, -0.1) is 0 Å². The molecule has 1 saturated heterocycles. The van der Waals surface area contributed by atoms with Gasteiger partial charge in [0.25, 0.3) is 0 Å². The molecule has 138 valence electrons. The molecule has 0 aliphatic carbocycles. The first-order valence-corrected chi connectivity index (χ1v) is 7.79. The number of carboxylic acids is 1. The zero-order chi connectivity index (χ0) is 18.6. The summed E-state index contributed by atoms with van der Waals surface area (Å²) in [6.45, 7) is 0.261. The largest absolute Gasteiger partial charge is 0.493 e. The maximum atomic E-state index is 12.6. The van der Waals surface area contributed by atoms with E-state index in [4.69, 9.17) is 18.9 Å². The first-order valence-electron chi connectivity index (χ1n) is 7.79. The average molecular weight is 353 g/mol. The minimum Gasteiger partial charge on any atom is -0.493 e. The van der Waals surface area contributed by atoms with Crippen molar-refractivity contribution in [3.8, 4) is 17.2 Å². The van der Waals surface area contributed by atoms with Gasteiger partial charge in [-0.1, -0.05) is 0 Å². The number of aliphatic carboxylic acids is 1. The van der Waals surface area contributed by atoms with E-state index in [9.17, 15) is 14.7 Å². The normalized spacial score (nSPS) is 19.6. The molecular weight excluding hydrogens is 330 g/mol. The van der Waals surface area contributed by atoms with Crippen LogP contribution >= 0.6 is 0 Å². The number of amides is 1. The third-order valence-corrected chi connectivity index (χ3v) is 4.28. The lowest BCUT2D eigenvalue weighted by molar-refractivity contribution is -0.148. The Labute approximate surface area is 146 Å². The summed E-state index contributed by atoms with van der Waals surface area (Å²) in [5.41, 5.74) is 0.643. The molecule has 1 fully saturated rings. The van der Waals surface area contributed by atoms with E-state index >= 15 is 0 Å². The van der Waals surface area contributed by atoms with Crippen LogP contribution in [0.25, 0.3) is 0 Å². The lowest BCUT2D eigenvalue weighted by Gasteiger charge is -2.22. The molecule has 0 saturated carbocycles. The van der Waals surface area contributed by atoms with Crippen LogP contribution in [0.3, 0.4) is 0 Å². The zero-order valence-corrected chi connectivity index (χ0v) is 14.8. The van der Waals surface area contributed by atoms with E-state index in [0.29, 0.717) is 22.8 Å². The number of carbonyl (C=O) groups excluding carboxylic acids is 1. The molecule has 2 atom stereocenters. The van der Waals surface area contributed by atoms with E-state index in [1.165, 1.54) is 33.3 Å². The van der Waals surface area contributed by atoms with Crippen LogP contribution in [-0.4, -0.2) is 69.0 Å². The molecule has 1 aliphatic heterocycles. The van der Waals surface area contributed by atoms with E-state index < -0.39 is 12.0 Å². The van der Waals surface area contributed by atoms with E-state index in [1.807, 2.05) is 0 Å². The van der Waals surface area contributed by atoms with E-state index in [2.05, 4.69) is 0 Å². The van der Waals surface area contributed by atoms with Crippen molar-refractivity contribution in [2.75, 3.05) is 35.0 Å². The Kier molecular flexibility index (Phi) is 6.08. The van der Waals surface area contributed by atoms with E-state index in [-0.39, 0.29) is 31.4 Å². The fraction of sp³-hybridized carbons (Fsp3) is 0.529. The second-order valence-electron chi connectivity index (χ2n) is 5.70. The van der Waals surface area contributed by atoms with Gasteiger partial charge in [-0.05, 0) is 17.7 Å². The molecule has 8 heteroatoms. The van der Waals surface area contributed by atoms with Crippen LogP contribution in [0.5, 0.6) is 17.2 Å². The van der Waals surface area contributed by atoms with Crippen LogP contribution in [0.15, 0.2) is 12.1 Å². The van der Waals surface area contributed by atoms with Crippen molar-refractivity contribution >= 4 is 11.9 Å². The molecule has 1 aromatic carbocycles. The van der Waals surface area contributed by atoms with Crippen LogP contribution in [0.1, 0.15) is 12.0 Å². The molecule has 2 rings (SSSR count). The highest BCUT2D eigenvalue weighted by atomic mass is 16.5. The van der Waals surface area contributed by atoms with Crippen LogP contribution < -0.4 is 14.2 Å². The van der Waals surface area contributed by atoms with E-state index in [1.54, 1.807) is 12.1 Å². The van der Waals surface area contributed by atoms with Gasteiger partial charge in [0.05, 0.1) is 33.9 Å². The zero-order valence-electron chi connectivity index (χ0n) is 14.8. The van der Waals surface area contributed by atoms with E-state index in [0.717, 1.165) is 0 Å². The quantitative estimate of drug-likeness (QED) is 0.780. The molecule has 1 amide bonds. The Morgan fingerprint density at radius 2 is 1.72 bits per heavy atom. The SMILES string of the molecule is COc1cc(CC(=O)N2CC(OC)CC2C(=O)O)cc(OC)c1OC. The number of methoxy groups -OCH3 is 4. The summed E-state index contributed by atoms with van der Waals surface area (Å²) in [5, 5.41) is 9.34. The molecule has 2 unspecified atom stereocenters. The number of benzene rings is 1. The molecule has 1 aliphatic rings. The predicted molar refractivity (Wildman–Crippen MR) is 88.4 cm³/mol. The number of hydrogen-bond donors (Lipinski definition) is 1. The summed E-state index contributed by atoms with van der Waals surface area (Å²) in [5.74, 6) is -0.00417. The number of nitrogens with zero attached hydrogens (tertiary/aromatic N) is 1. The summed E-state index contributed by atoms with van der Waals surface area (Å²) in [6.07, 6.45) is 0.0361. The third kappa shape index (κ3) is 3.96. The van der Waals surface area contributed by atoms with Crippen LogP contribution in [0.4, 0.5) is 0 Å². The summed E-state index contributed by atoms with van der Waals surface area (Å²) in [7, 11) is 5.99. The minimum absolute atomic E-state index is 0.0247. The van der Waals surface area contributed by atoms with Crippen molar-refractivity contribution in [3.05, 3.63) is 17.7 Å².